The molecule has 4 amide bonds. The van der Waals surface area contributed by atoms with E-state index in [4.69, 9.17) is 5.73 Å². The summed E-state index contributed by atoms with van der Waals surface area (Å²) in [5.41, 5.74) is 8.45. The molecule has 3 atom stereocenters. The number of aromatic nitrogens is 3. The summed E-state index contributed by atoms with van der Waals surface area (Å²) in [6, 6.07) is 14.1. The standard InChI is InChI=1S/C38H45N9O5/c39-34(49)23-1-3-25(4-2-23)45-21-28-17-27(45)22-46(28)29-19-38(20-29)11-15-44(16-12-38)36(51)24-9-13-43(14-10-24)26-5-6-31-30(18-26)37(52)47(42-41-31)32-7-8-33(48)40-35(32)50/h1-6,18,24,27-29,32H,7-17,19-22H2,(H2,39,49)(H,40,48,50). The summed E-state index contributed by atoms with van der Waals surface area (Å²) in [7, 11) is 0. The Morgan fingerprint density at radius 3 is 2.25 bits per heavy atom. The van der Waals surface area contributed by atoms with E-state index in [0.29, 0.717) is 40.0 Å². The Balaban J connectivity index is 0.755. The van der Waals surface area contributed by atoms with E-state index in [1.807, 2.05) is 36.4 Å². The second-order valence-electron chi connectivity index (χ2n) is 16.0. The zero-order valence-electron chi connectivity index (χ0n) is 29.3. The highest BCUT2D eigenvalue weighted by atomic mass is 16.2. The van der Waals surface area contributed by atoms with Crippen LogP contribution in [0.1, 0.15) is 74.2 Å². The van der Waals surface area contributed by atoms with Crippen molar-refractivity contribution >= 4 is 45.9 Å². The number of carbonyl (C=O) groups is 4. The third kappa shape index (κ3) is 5.71. The molecule has 6 aliphatic rings. The average molecular weight is 708 g/mol. The Bertz CT molecular complexity index is 1990. The topological polar surface area (TPSA) is 167 Å². The molecule has 3 N–H and O–H groups in total. The maximum atomic E-state index is 13.7. The van der Waals surface area contributed by atoms with Gasteiger partial charge in [0.1, 0.15) is 11.6 Å². The largest absolute Gasteiger partial charge is 0.371 e. The van der Waals surface area contributed by atoms with E-state index in [1.54, 1.807) is 6.07 Å². The van der Waals surface area contributed by atoms with Crippen LogP contribution in [-0.2, 0) is 14.4 Å². The monoisotopic (exact) mass is 707 g/mol. The van der Waals surface area contributed by atoms with Gasteiger partial charge in [-0.05, 0) is 99.2 Å². The summed E-state index contributed by atoms with van der Waals surface area (Å²) >= 11 is 0. The lowest BCUT2D eigenvalue weighted by Crippen LogP contribution is -2.59. The van der Waals surface area contributed by atoms with Crippen LogP contribution in [0, 0.1) is 11.3 Å². The molecule has 52 heavy (non-hydrogen) atoms. The Labute approximate surface area is 301 Å². The fraction of sp³-hybridized carbons (Fsp3) is 0.553. The van der Waals surface area contributed by atoms with Crippen molar-refractivity contribution in [1.29, 1.82) is 0 Å². The van der Waals surface area contributed by atoms with Crippen LogP contribution >= 0.6 is 0 Å². The zero-order valence-corrected chi connectivity index (χ0v) is 29.3. The molecule has 14 heteroatoms. The molecule has 6 heterocycles. The number of piperidine rings is 3. The highest BCUT2D eigenvalue weighted by Crippen LogP contribution is 2.53. The molecule has 272 valence electrons. The maximum absolute atomic E-state index is 13.7. The fourth-order valence-electron chi connectivity index (χ4n) is 10.1. The number of nitrogens with two attached hydrogens (primary N) is 1. The van der Waals surface area contributed by atoms with E-state index in [0.717, 1.165) is 75.3 Å². The molecule has 5 aliphatic heterocycles. The molecule has 2 bridgehead atoms. The van der Waals surface area contributed by atoms with Crippen molar-refractivity contribution in [2.75, 3.05) is 49.1 Å². The van der Waals surface area contributed by atoms with Gasteiger partial charge in [-0.2, -0.15) is 4.68 Å². The number of amides is 4. The van der Waals surface area contributed by atoms with Crippen molar-refractivity contribution in [3.05, 3.63) is 58.4 Å². The number of nitrogens with zero attached hydrogens (tertiary/aromatic N) is 7. The third-order valence-electron chi connectivity index (χ3n) is 13.1. The van der Waals surface area contributed by atoms with Crippen molar-refractivity contribution < 1.29 is 19.2 Å². The summed E-state index contributed by atoms with van der Waals surface area (Å²) in [5.74, 6) is -0.991. The minimum absolute atomic E-state index is 0.00519. The number of hydrogen-bond donors (Lipinski definition) is 2. The molecule has 1 aliphatic carbocycles. The van der Waals surface area contributed by atoms with E-state index in [9.17, 15) is 24.0 Å². The van der Waals surface area contributed by atoms with Crippen LogP contribution in [-0.4, -0.2) is 106 Å². The van der Waals surface area contributed by atoms with Gasteiger partial charge in [0.15, 0.2) is 0 Å². The second kappa shape index (κ2) is 12.7. The molecule has 3 aromatic rings. The molecule has 5 saturated heterocycles. The van der Waals surface area contributed by atoms with Crippen LogP contribution in [0.2, 0.25) is 0 Å². The Kier molecular flexibility index (Phi) is 8.05. The number of fused-ring (bicyclic) bond motifs is 3. The first-order valence-electron chi connectivity index (χ1n) is 18.8. The molecular formula is C38H45N9O5. The van der Waals surface area contributed by atoms with Gasteiger partial charge in [-0.15, -0.1) is 5.10 Å². The molecule has 2 aromatic carbocycles. The number of rotatable bonds is 6. The van der Waals surface area contributed by atoms with E-state index in [-0.39, 0.29) is 30.6 Å². The molecule has 14 nitrogen and oxygen atoms in total. The summed E-state index contributed by atoms with van der Waals surface area (Å²) in [5, 5.41) is 10.8. The summed E-state index contributed by atoms with van der Waals surface area (Å²) in [6.45, 7) is 5.26. The number of hydrogen-bond acceptors (Lipinski definition) is 10. The van der Waals surface area contributed by atoms with Gasteiger partial charge >= 0.3 is 0 Å². The molecule has 9 rings (SSSR count). The van der Waals surface area contributed by atoms with Crippen LogP contribution in [0.15, 0.2) is 47.3 Å². The van der Waals surface area contributed by atoms with Crippen molar-refractivity contribution in [3.63, 3.8) is 0 Å². The smallest absolute Gasteiger partial charge is 0.278 e. The van der Waals surface area contributed by atoms with E-state index in [1.165, 1.54) is 24.9 Å². The lowest BCUT2D eigenvalue weighted by molar-refractivity contribution is -0.141. The first kappa shape index (κ1) is 33.0. The van der Waals surface area contributed by atoms with Gasteiger partial charge in [0.05, 0.1) is 5.39 Å². The molecular weight excluding hydrogens is 662 g/mol. The number of carbonyl (C=O) groups excluding carboxylic acids is 4. The normalized spacial score (nSPS) is 26.6. The number of imide groups is 1. The molecule has 1 aromatic heterocycles. The number of nitrogens with one attached hydrogen (secondary N) is 1. The van der Waals surface area contributed by atoms with E-state index < -0.39 is 23.4 Å². The first-order chi connectivity index (χ1) is 25.1. The molecule has 3 unspecified atom stereocenters. The molecule has 1 spiro atoms. The van der Waals surface area contributed by atoms with Crippen molar-refractivity contribution in [1.82, 2.24) is 30.1 Å². The highest BCUT2D eigenvalue weighted by molar-refractivity contribution is 5.99. The number of benzene rings is 2. The van der Waals surface area contributed by atoms with Gasteiger partial charge in [-0.1, -0.05) is 5.21 Å². The maximum Gasteiger partial charge on any atom is 0.278 e. The lowest BCUT2D eigenvalue weighted by atomic mass is 9.59. The van der Waals surface area contributed by atoms with Crippen molar-refractivity contribution in [3.8, 4) is 0 Å². The summed E-state index contributed by atoms with van der Waals surface area (Å²) in [6.07, 6.45) is 7.73. The van der Waals surface area contributed by atoms with Gasteiger partial charge in [0.25, 0.3) is 11.5 Å². The predicted molar refractivity (Wildman–Crippen MR) is 193 cm³/mol. The van der Waals surface area contributed by atoms with Crippen LogP contribution < -0.4 is 26.4 Å². The summed E-state index contributed by atoms with van der Waals surface area (Å²) < 4.78 is 1.09. The van der Waals surface area contributed by atoms with Crippen LogP contribution in [0.4, 0.5) is 11.4 Å². The van der Waals surface area contributed by atoms with Crippen LogP contribution in [0.5, 0.6) is 0 Å². The summed E-state index contributed by atoms with van der Waals surface area (Å²) in [4.78, 5) is 72.1. The highest BCUT2D eigenvalue weighted by Gasteiger charge is 2.54. The molecule has 0 radical (unpaired) electrons. The van der Waals surface area contributed by atoms with Gasteiger partial charge in [0, 0.05) is 86.7 Å². The van der Waals surface area contributed by atoms with Gasteiger partial charge < -0.3 is 20.4 Å². The van der Waals surface area contributed by atoms with E-state index in [2.05, 4.69) is 35.2 Å². The SMILES string of the molecule is NC(=O)c1ccc(N2CC3CC2CN3C2CC3(CCN(C(=O)C4CCN(c5ccc6nnn(C7CCC(=O)NC7=O)c(=O)c6c5)CC4)CC3)C2)cc1. The number of primary amides is 1. The van der Waals surface area contributed by atoms with E-state index >= 15 is 0 Å². The fourth-order valence-corrected chi connectivity index (χ4v) is 10.1. The molecule has 6 fully saturated rings. The minimum atomic E-state index is -0.863. The predicted octanol–water partition coefficient (Wildman–Crippen LogP) is 1.82. The van der Waals surface area contributed by atoms with Gasteiger partial charge in [-0.3, -0.25) is 34.2 Å². The molecule has 1 saturated carbocycles. The zero-order chi connectivity index (χ0) is 35.7. The minimum Gasteiger partial charge on any atom is -0.371 e. The van der Waals surface area contributed by atoms with Crippen molar-refractivity contribution in [2.24, 2.45) is 17.1 Å². The number of piperazine rings is 1. The average Bonchev–Trinajstić information content (AvgIpc) is 3.76. The lowest BCUT2D eigenvalue weighted by Gasteiger charge is -2.56. The van der Waals surface area contributed by atoms with Crippen LogP contribution in [0.3, 0.4) is 0 Å². The van der Waals surface area contributed by atoms with Gasteiger partial charge in [0.2, 0.25) is 17.7 Å². The Hall–Kier alpha value is -4.85. The second-order valence-corrected chi connectivity index (χ2v) is 16.0. The van der Waals surface area contributed by atoms with Gasteiger partial charge in [-0.25, -0.2) is 0 Å². The number of likely N-dealkylation sites (tertiary alicyclic amines) is 2. The van der Waals surface area contributed by atoms with Crippen molar-refractivity contribution in [2.45, 2.75) is 82.0 Å². The number of anilines is 2. The third-order valence-corrected chi connectivity index (χ3v) is 13.1. The first-order valence-corrected chi connectivity index (χ1v) is 18.8. The Morgan fingerprint density at radius 1 is 0.846 bits per heavy atom. The Morgan fingerprint density at radius 2 is 1.58 bits per heavy atom. The van der Waals surface area contributed by atoms with Crippen LogP contribution in [0.25, 0.3) is 10.9 Å². The quantitative estimate of drug-likeness (QED) is 0.361.